The summed E-state index contributed by atoms with van der Waals surface area (Å²) in [6, 6.07) is 6.36. The van der Waals surface area contributed by atoms with E-state index in [0.29, 0.717) is 36.9 Å². The predicted octanol–water partition coefficient (Wildman–Crippen LogP) is 2.37. The molecule has 1 N–H and O–H groups in total. The molecule has 3 aromatic heterocycles. The smallest absolute Gasteiger partial charge is 0.318 e. The van der Waals surface area contributed by atoms with Crippen molar-refractivity contribution < 1.29 is 4.39 Å². The van der Waals surface area contributed by atoms with E-state index in [2.05, 4.69) is 15.1 Å². The Bertz CT molecular complexity index is 1360. The standard InChI is InChI=1S/C21H21FN6O2/c1-2-27-17-18(25-21(30)28(20(17)29)11-13-6-7-13)24-19(27)15-9-23-26(12-15)10-14-4-3-5-16(22)8-14/h3-5,8-9,12-13H,2,6-7,10-11H2,1H3,(H,25,30). The van der Waals surface area contributed by atoms with Crippen LogP contribution in [0.4, 0.5) is 4.39 Å². The Labute approximate surface area is 170 Å². The van der Waals surface area contributed by atoms with Crippen LogP contribution in [0.5, 0.6) is 0 Å². The van der Waals surface area contributed by atoms with Gasteiger partial charge in [0, 0.05) is 19.3 Å². The van der Waals surface area contributed by atoms with Crippen LogP contribution in [-0.2, 0) is 19.6 Å². The Morgan fingerprint density at radius 2 is 2.07 bits per heavy atom. The molecule has 0 radical (unpaired) electrons. The molecular weight excluding hydrogens is 387 g/mol. The van der Waals surface area contributed by atoms with Crippen molar-refractivity contribution >= 4 is 11.2 Å². The van der Waals surface area contributed by atoms with E-state index in [9.17, 15) is 14.0 Å². The molecule has 0 spiro atoms. The number of rotatable bonds is 6. The molecule has 1 aliphatic rings. The number of hydrogen-bond acceptors (Lipinski definition) is 4. The number of nitrogens with zero attached hydrogens (tertiary/aromatic N) is 5. The largest absolute Gasteiger partial charge is 0.330 e. The van der Waals surface area contributed by atoms with Gasteiger partial charge in [-0.05, 0) is 43.4 Å². The third-order valence-corrected chi connectivity index (χ3v) is 5.46. The number of aromatic nitrogens is 6. The maximum absolute atomic E-state index is 13.4. The first-order chi connectivity index (χ1) is 14.5. The number of hydrogen-bond donors (Lipinski definition) is 1. The second-order valence-corrected chi connectivity index (χ2v) is 7.72. The van der Waals surface area contributed by atoms with Crippen LogP contribution >= 0.6 is 0 Å². The Balaban J connectivity index is 1.56. The fourth-order valence-corrected chi connectivity index (χ4v) is 3.79. The molecular formula is C21H21FN6O2. The zero-order chi connectivity index (χ0) is 20.8. The first-order valence-corrected chi connectivity index (χ1v) is 10.0. The summed E-state index contributed by atoms with van der Waals surface area (Å²) in [5.41, 5.74) is 1.46. The van der Waals surface area contributed by atoms with E-state index in [-0.39, 0.29) is 17.0 Å². The quantitative estimate of drug-likeness (QED) is 0.530. The second kappa shape index (κ2) is 7.08. The lowest BCUT2D eigenvalue weighted by molar-refractivity contribution is 0.578. The maximum atomic E-state index is 13.4. The molecule has 1 aliphatic carbocycles. The number of imidazole rings is 1. The first-order valence-electron chi connectivity index (χ1n) is 10.0. The highest BCUT2D eigenvalue weighted by Gasteiger charge is 2.25. The molecule has 0 bridgehead atoms. The lowest BCUT2D eigenvalue weighted by Crippen LogP contribution is -2.36. The Morgan fingerprint density at radius 1 is 1.23 bits per heavy atom. The number of aromatic amines is 1. The highest BCUT2D eigenvalue weighted by molar-refractivity contribution is 5.76. The summed E-state index contributed by atoms with van der Waals surface area (Å²) in [6.45, 7) is 3.30. The van der Waals surface area contributed by atoms with Gasteiger partial charge in [-0.15, -0.1) is 0 Å². The van der Waals surface area contributed by atoms with Gasteiger partial charge in [0.1, 0.15) is 11.6 Å². The van der Waals surface area contributed by atoms with Gasteiger partial charge in [-0.25, -0.2) is 14.2 Å². The first kappa shape index (κ1) is 18.5. The van der Waals surface area contributed by atoms with Crippen molar-refractivity contribution in [3.05, 3.63) is 68.9 Å². The van der Waals surface area contributed by atoms with Crippen LogP contribution in [0.2, 0.25) is 0 Å². The monoisotopic (exact) mass is 408 g/mol. The van der Waals surface area contributed by atoms with E-state index >= 15 is 0 Å². The summed E-state index contributed by atoms with van der Waals surface area (Å²) in [4.78, 5) is 32.7. The van der Waals surface area contributed by atoms with E-state index < -0.39 is 5.69 Å². The van der Waals surface area contributed by atoms with E-state index in [1.165, 1.54) is 16.7 Å². The van der Waals surface area contributed by atoms with Gasteiger partial charge in [0.25, 0.3) is 5.56 Å². The third-order valence-electron chi connectivity index (χ3n) is 5.46. The van der Waals surface area contributed by atoms with Crippen molar-refractivity contribution in [3.63, 3.8) is 0 Å². The number of H-pyrrole nitrogens is 1. The Hall–Kier alpha value is -3.49. The predicted molar refractivity (Wildman–Crippen MR) is 110 cm³/mol. The van der Waals surface area contributed by atoms with Crippen LogP contribution in [0, 0.1) is 11.7 Å². The molecule has 0 atom stereocenters. The average Bonchev–Trinajstić information content (AvgIpc) is 3.29. The van der Waals surface area contributed by atoms with Crippen molar-refractivity contribution in [2.45, 2.75) is 39.4 Å². The maximum Gasteiger partial charge on any atom is 0.330 e. The number of halogens is 1. The molecule has 1 saturated carbocycles. The summed E-state index contributed by atoms with van der Waals surface area (Å²) in [6.07, 6.45) is 5.56. The molecule has 4 aromatic rings. The zero-order valence-electron chi connectivity index (χ0n) is 16.5. The van der Waals surface area contributed by atoms with Gasteiger partial charge >= 0.3 is 5.69 Å². The third kappa shape index (κ3) is 3.26. The van der Waals surface area contributed by atoms with Crippen LogP contribution in [0.1, 0.15) is 25.3 Å². The van der Waals surface area contributed by atoms with Gasteiger partial charge in [0.2, 0.25) is 0 Å². The number of aryl methyl sites for hydroxylation is 1. The van der Waals surface area contributed by atoms with E-state index in [4.69, 9.17) is 0 Å². The van der Waals surface area contributed by atoms with Crippen molar-refractivity contribution in [2.75, 3.05) is 0 Å². The number of nitrogens with one attached hydrogen (secondary N) is 1. The number of fused-ring (bicyclic) bond motifs is 1. The summed E-state index contributed by atoms with van der Waals surface area (Å²) >= 11 is 0. The highest BCUT2D eigenvalue weighted by atomic mass is 19.1. The summed E-state index contributed by atoms with van der Waals surface area (Å²) in [5.74, 6) is 0.675. The molecule has 0 aliphatic heterocycles. The Morgan fingerprint density at radius 3 is 2.80 bits per heavy atom. The van der Waals surface area contributed by atoms with Gasteiger partial charge in [0.15, 0.2) is 11.2 Å². The fourth-order valence-electron chi connectivity index (χ4n) is 3.79. The summed E-state index contributed by atoms with van der Waals surface area (Å²) < 4.78 is 18.2. The Kier molecular flexibility index (Phi) is 4.38. The van der Waals surface area contributed by atoms with E-state index in [0.717, 1.165) is 24.0 Å². The topological polar surface area (TPSA) is 90.5 Å². The van der Waals surface area contributed by atoms with Gasteiger partial charge in [0.05, 0.1) is 18.3 Å². The molecule has 0 unspecified atom stereocenters. The minimum atomic E-state index is -0.423. The van der Waals surface area contributed by atoms with Gasteiger partial charge in [-0.2, -0.15) is 5.10 Å². The van der Waals surface area contributed by atoms with E-state index in [1.54, 1.807) is 27.7 Å². The van der Waals surface area contributed by atoms with Crippen molar-refractivity contribution in [1.82, 2.24) is 28.9 Å². The van der Waals surface area contributed by atoms with Crippen molar-refractivity contribution in [2.24, 2.45) is 5.92 Å². The average molecular weight is 408 g/mol. The molecule has 9 heteroatoms. The van der Waals surface area contributed by atoms with Gasteiger partial charge in [-0.1, -0.05) is 12.1 Å². The van der Waals surface area contributed by atoms with Crippen LogP contribution < -0.4 is 11.2 Å². The summed E-state index contributed by atoms with van der Waals surface area (Å²) in [5, 5.41) is 4.35. The van der Waals surface area contributed by atoms with Crippen LogP contribution in [0.25, 0.3) is 22.6 Å². The SMILES string of the molecule is CCn1c(-c2cnn(Cc3cccc(F)c3)c2)nc2[nH]c(=O)n(CC3CC3)c(=O)c21. The second-order valence-electron chi connectivity index (χ2n) is 7.72. The normalized spacial score (nSPS) is 13.9. The molecule has 1 fully saturated rings. The minimum absolute atomic E-state index is 0.284. The molecule has 154 valence electrons. The van der Waals surface area contributed by atoms with Crippen molar-refractivity contribution in [1.29, 1.82) is 0 Å². The molecule has 0 amide bonds. The highest BCUT2D eigenvalue weighted by Crippen LogP contribution is 2.30. The van der Waals surface area contributed by atoms with Gasteiger partial charge in [-0.3, -0.25) is 19.0 Å². The lowest BCUT2D eigenvalue weighted by Gasteiger charge is -2.06. The van der Waals surface area contributed by atoms with E-state index in [1.807, 2.05) is 13.0 Å². The van der Waals surface area contributed by atoms with Crippen LogP contribution in [-0.4, -0.2) is 28.9 Å². The molecule has 0 saturated heterocycles. The summed E-state index contributed by atoms with van der Waals surface area (Å²) in [7, 11) is 0. The van der Waals surface area contributed by atoms with Crippen LogP contribution in [0.3, 0.4) is 0 Å². The fraction of sp³-hybridized carbons (Fsp3) is 0.333. The van der Waals surface area contributed by atoms with Crippen molar-refractivity contribution in [3.8, 4) is 11.4 Å². The van der Waals surface area contributed by atoms with Gasteiger partial charge < -0.3 is 4.57 Å². The molecule has 1 aromatic carbocycles. The lowest BCUT2D eigenvalue weighted by atomic mass is 10.2. The molecule has 3 heterocycles. The molecule has 30 heavy (non-hydrogen) atoms. The molecule has 8 nitrogen and oxygen atoms in total. The molecule has 5 rings (SSSR count). The van der Waals surface area contributed by atoms with Crippen LogP contribution in [0.15, 0.2) is 46.2 Å². The minimum Gasteiger partial charge on any atom is -0.318 e. The zero-order valence-corrected chi connectivity index (χ0v) is 16.5. The number of benzene rings is 1.